The summed E-state index contributed by atoms with van der Waals surface area (Å²) >= 11 is 0. The van der Waals surface area contributed by atoms with Crippen LogP contribution in [-0.2, 0) is 14.4 Å². The first-order valence-corrected chi connectivity index (χ1v) is 24.3. The van der Waals surface area contributed by atoms with Gasteiger partial charge >= 0.3 is 5.97 Å². The number of carboxylic acids is 1. The van der Waals surface area contributed by atoms with Gasteiger partial charge in [0.1, 0.15) is 5.78 Å². The Bertz CT molecular complexity index is 1000. The summed E-state index contributed by atoms with van der Waals surface area (Å²) in [5, 5.41) is 25.2. The van der Waals surface area contributed by atoms with Gasteiger partial charge in [0.05, 0.1) is 6.10 Å². The molecule has 0 saturated heterocycles. The number of hydrogen-bond acceptors (Lipinski definition) is 7. The number of hydrogen-bond donors (Lipinski definition) is 6. The lowest BCUT2D eigenvalue weighted by Crippen LogP contribution is -2.40. The molecule has 0 spiro atoms. The Hall–Kier alpha value is -1.81. The van der Waals surface area contributed by atoms with E-state index in [2.05, 4.69) is 23.6 Å². The topological polar surface area (TPSA) is 168 Å². The fraction of sp³-hybridized carbons (Fsp3) is 0.896. The number of allylic oxidation sites excluding steroid dienone is 1. The van der Waals surface area contributed by atoms with E-state index < -0.39 is 12.1 Å². The van der Waals surface area contributed by atoms with E-state index in [1.54, 1.807) is 0 Å². The molecule has 0 aromatic carbocycles. The minimum Gasteiger partial charge on any atom is -0.481 e. The number of unbranched alkanes of at least 4 members (excludes halogenated alkanes) is 5. The molecule has 9 heteroatoms. The van der Waals surface area contributed by atoms with E-state index in [0.717, 1.165) is 76.3 Å². The number of rotatable bonds is 19. The van der Waals surface area contributed by atoms with E-state index in [-0.39, 0.29) is 24.2 Å². The Morgan fingerprint density at radius 3 is 1.70 bits per heavy atom. The molecule has 0 aromatic rings. The quantitative estimate of drug-likeness (QED) is 0.0554. The number of nitrogens with two attached hydrogens (primary N) is 2. The summed E-state index contributed by atoms with van der Waals surface area (Å²) in [4.78, 5) is 34.3. The van der Waals surface area contributed by atoms with Crippen molar-refractivity contribution in [2.24, 2.45) is 23.3 Å². The number of carbonyl (C=O) groups excluding carboxylic acids is 2. The molecule has 5 aliphatic carbocycles. The average molecular weight is 803 g/mol. The molecule has 0 radical (unpaired) electrons. The SMILES string of the molecule is C1CCC(NC2CCCCC2)CC1.CCCCC[C@H](O)/C=C/[C@H]1CCC(=O)[C@@H]1CCCCCCC(=O)NCCCC(=O)O.NC1CCCCC1.NC1CCCCC1. The van der Waals surface area contributed by atoms with Crippen molar-refractivity contribution >= 4 is 17.7 Å². The molecule has 0 unspecified atom stereocenters. The summed E-state index contributed by atoms with van der Waals surface area (Å²) in [6, 6.07) is 2.82. The van der Waals surface area contributed by atoms with E-state index in [0.29, 0.717) is 43.7 Å². The fourth-order valence-electron chi connectivity index (χ4n) is 9.21. The van der Waals surface area contributed by atoms with Crippen LogP contribution in [0, 0.1) is 11.8 Å². The van der Waals surface area contributed by atoms with Crippen molar-refractivity contribution in [2.45, 2.75) is 256 Å². The first-order valence-electron chi connectivity index (χ1n) is 24.3. The molecule has 57 heavy (non-hydrogen) atoms. The maximum absolute atomic E-state index is 12.2. The zero-order valence-corrected chi connectivity index (χ0v) is 36.7. The molecule has 8 N–H and O–H groups in total. The number of ketones is 1. The van der Waals surface area contributed by atoms with Crippen LogP contribution in [0.5, 0.6) is 0 Å². The second-order valence-electron chi connectivity index (χ2n) is 18.2. The van der Waals surface area contributed by atoms with Crippen molar-refractivity contribution in [2.75, 3.05) is 6.54 Å². The maximum atomic E-state index is 12.2. The fourth-order valence-corrected chi connectivity index (χ4v) is 9.21. The van der Waals surface area contributed by atoms with Crippen molar-refractivity contribution in [1.82, 2.24) is 10.6 Å². The lowest BCUT2D eigenvalue weighted by atomic mass is 9.89. The number of Topliss-reactive ketones (excluding diaryl/α,β-unsaturated/α-hetero) is 1. The molecule has 0 aliphatic heterocycles. The maximum Gasteiger partial charge on any atom is 0.303 e. The van der Waals surface area contributed by atoms with Gasteiger partial charge in [0.25, 0.3) is 0 Å². The van der Waals surface area contributed by atoms with Crippen molar-refractivity contribution in [3.8, 4) is 0 Å². The highest BCUT2D eigenvalue weighted by Crippen LogP contribution is 2.34. The third-order valence-electron chi connectivity index (χ3n) is 12.9. The average Bonchev–Trinajstić information content (AvgIpc) is 3.57. The minimum absolute atomic E-state index is 0.0194. The van der Waals surface area contributed by atoms with E-state index in [1.807, 2.05) is 6.08 Å². The molecular formula is C48H90N4O5. The first kappa shape index (κ1) is 51.3. The van der Waals surface area contributed by atoms with Gasteiger partial charge in [0.2, 0.25) is 5.91 Å². The standard InChI is InChI=1S/C24H41NO5.C12H23N.2C6H13N/c1-2-3-6-10-20(26)16-14-19-15-17-22(27)21(19)11-7-4-5-8-12-23(28)25-18-9-13-24(29)30;1-3-7-11(8-4-1)13-12-9-5-2-6-10-12;2*7-6-4-2-1-3-5-6/h14,16,19-21,26H,2-13,15,17-18H2,1H3,(H,25,28)(H,29,30);11-13H,1-10H2;2*6H,1-5,7H2/b16-14+;;;/t19-,20-,21+;;;/m0.../s1. The summed E-state index contributed by atoms with van der Waals surface area (Å²) in [6.45, 7) is 2.56. The van der Waals surface area contributed by atoms with Crippen LogP contribution in [0.2, 0.25) is 0 Å². The third kappa shape index (κ3) is 27.6. The van der Waals surface area contributed by atoms with Crippen molar-refractivity contribution < 1.29 is 24.6 Å². The number of nitrogens with one attached hydrogen (secondary N) is 2. The van der Waals surface area contributed by atoms with E-state index >= 15 is 0 Å². The second-order valence-corrected chi connectivity index (χ2v) is 18.2. The summed E-state index contributed by atoms with van der Waals surface area (Å²) in [5.74, 6) is -0.165. The van der Waals surface area contributed by atoms with Gasteiger partial charge in [-0.25, -0.2) is 0 Å². The summed E-state index contributed by atoms with van der Waals surface area (Å²) in [6.07, 6.45) is 42.8. The zero-order chi connectivity index (χ0) is 41.4. The van der Waals surface area contributed by atoms with Crippen molar-refractivity contribution in [1.29, 1.82) is 0 Å². The van der Waals surface area contributed by atoms with Crippen LogP contribution in [-0.4, -0.2) is 64.7 Å². The van der Waals surface area contributed by atoms with E-state index in [1.165, 1.54) is 128 Å². The first-order chi connectivity index (χ1) is 27.7. The molecule has 9 nitrogen and oxygen atoms in total. The Morgan fingerprint density at radius 2 is 1.21 bits per heavy atom. The zero-order valence-electron chi connectivity index (χ0n) is 36.7. The van der Waals surface area contributed by atoms with Crippen LogP contribution in [0.1, 0.15) is 225 Å². The Balaban J connectivity index is 0.000000330. The summed E-state index contributed by atoms with van der Waals surface area (Å²) in [7, 11) is 0. The summed E-state index contributed by atoms with van der Waals surface area (Å²) in [5.41, 5.74) is 11.3. The van der Waals surface area contributed by atoms with Gasteiger partial charge < -0.3 is 32.3 Å². The van der Waals surface area contributed by atoms with E-state index in [4.69, 9.17) is 16.6 Å². The van der Waals surface area contributed by atoms with Crippen LogP contribution in [0.3, 0.4) is 0 Å². The number of aliphatic hydroxyl groups is 1. The van der Waals surface area contributed by atoms with E-state index in [9.17, 15) is 19.5 Å². The number of amides is 1. The second kappa shape index (κ2) is 34.0. The Morgan fingerprint density at radius 1 is 0.684 bits per heavy atom. The minimum atomic E-state index is -0.842. The lowest BCUT2D eigenvalue weighted by Gasteiger charge is -2.30. The van der Waals surface area contributed by atoms with Gasteiger partial charge in [-0.05, 0) is 89.4 Å². The predicted molar refractivity (Wildman–Crippen MR) is 237 cm³/mol. The molecule has 5 aliphatic rings. The van der Waals surface area contributed by atoms with Gasteiger partial charge in [-0.1, -0.05) is 135 Å². The van der Waals surface area contributed by atoms with Gasteiger partial charge in [0.15, 0.2) is 0 Å². The lowest BCUT2D eigenvalue weighted by molar-refractivity contribution is -0.137. The van der Waals surface area contributed by atoms with Crippen molar-refractivity contribution in [3.05, 3.63) is 12.2 Å². The van der Waals surface area contributed by atoms with Crippen molar-refractivity contribution in [3.63, 3.8) is 0 Å². The molecule has 1 amide bonds. The molecule has 5 fully saturated rings. The molecule has 5 saturated carbocycles. The number of aliphatic carboxylic acids is 1. The van der Waals surface area contributed by atoms with Crippen LogP contribution in [0.4, 0.5) is 0 Å². The van der Waals surface area contributed by atoms with Crippen LogP contribution >= 0.6 is 0 Å². The van der Waals surface area contributed by atoms with Gasteiger partial charge in [0, 0.05) is 55.9 Å². The van der Waals surface area contributed by atoms with Crippen LogP contribution < -0.4 is 22.1 Å². The number of carbonyl (C=O) groups is 3. The van der Waals surface area contributed by atoms with Gasteiger partial charge in [-0.15, -0.1) is 0 Å². The highest BCUT2D eigenvalue weighted by atomic mass is 16.4. The van der Waals surface area contributed by atoms with Gasteiger partial charge in [-0.2, -0.15) is 0 Å². The highest BCUT2D eigenvalue weighted by molar-refractivity contribution is 5.83. The van der Waals surface area contributed by atoms with Crippen LogP contribution in [0.15, 0.2) is 12.2 Å². The molecule has 332 valence electrons. The third-order valence-corrected chi connectivity index (χ3v) is 12.9. The predicted octanol–water partition coefficient (Wildman–Crippen LogP) is 10.2. The molecule has 0 bridgehead atoms. The molecular weight excluding hydrogens is 713 g/mol. The molecule has 3 atom stereocenters. The normalized spacial score (nSPS) is 23.1. The largest absolute Gasteiger partial charge is 0.481 e. The number of carboxylic acid groups (broad SMARTS) is 1. The summed E-state index contributed by atoms with van der Waals surface area (Å²) < 4.78 is 0. The molecule has 5 rings (SSSR count). The van der Waals surface area contributed by atoms with Gasteiger partial charge in [-0.3, -0.25) is 14.4 Å². The number of aliphatic hydroxyl groups excluding tert-OH is 1. The monoisotopic (exact) mass is 803 g/mol. The molecule has 0 heterocycles. The van der Waals surface area contributed by atoms with Crippen LogP contribution in [0.25, 0.3) is 0 Å². The highest BCUT2D eigenvalue weighted by Gasteiger charge is 2.32. The Kier molecular flexibility index (Phi) is 30.6. The Labute approximate surface area is 349 Å². The molecule has 0 aromatic heterocycles. The smallest absolute Gasteiger partial charge is 0.303 e.